The Kier molecular flexibility index (Phi) is 5.48. The van der Waals surface area contributed by atoms with Crippen LogP contribution in [0, 0.1) is 0 Å². The third kappa shape index (κ3) is 4.18. The second-order valence-corrected chi connectivity index (χ2v) is 5.85. The maximum absolute atomic E-state index is 12.2. The molecule has 7 nitrogen and oxygen atoms in total. The minimum Gasteiger partial charge on any atom is -0.486 e. The zero-order valence-electron chi connectivity index (χ0n) is 14.0. The number of fused-ring (bicyclic) bond motifs is 1. The highest BCUT2D eigenvalue weighted by atomic mass is 35.5. The minimum absolute atomic E-state index is 0.0290. The number of hydrogen-bond acceptors (Lipinski definition) is 6. The number of amides is 1. The van der Waals surface area contributed by atoms with Crippen molar-refractivity contribution >= 4 is 34.9 Å². The van der Waals surface area contributed by atoms with E-state index in [9.17, 15) is 9.59 Å². The standard InChI is InChI=1S/C18H17ClN2O5/c1-24-18(23)11-2-4-13(19)14(8-11)20-10-17(22)21-12-3-5-15-16(9-12)26-7-6-25-15/h2-5,8-9,20H,6-7,10H2,1H3,(H,21,22). The molecule has 1 aliphatic rings. The van der Waals surface area contributed by atoms with Crippen LogP contribution in [0.4, 0.5) is 11.4 Å². The Hall–Kier alpha value is -2.93. The van der Waals surface area contributed by atoms with E-state index >= 15 is 0 Å². The second kappa shape index (κ2) is 7.97. The molecule has 0 fully saturated rings. The molecule has 0 radical (unpaired) electrons. The number of benzene rings is 2. The summed E-state index contributed by atoms with van der Waals surface area (Å²) in [6.07, 6.45) is 0. The average Bonchev–Trinajstić information content (AvgIpc) is 2.66. The summed E-state index contributed by atoms with van der Waals surface area (Å²) in [5.41, 5.74) is 1.40. The molecular formula is C18H17ClN2O5. The number of carbonyl (C=O) groups excluding carboxylic acids is 2. The number of nitrogens with one attached hydrogen (secondary N) is 2. The molecule has 1 aliphatic heterocycles. The van der Waals surface area contributed by atoms with Crippen molar-refractivity contribution < 1.29 is 23.8 Å². The first kappa shape index (κ1) is 17.9. The zero-order valence-corrected chi connectivity index (χ0v) is 14.8. The Balaban J connectivity index is 1.61. The molecule has 136 valence electrons. The molecule has 2 aromatic carbocycles. The molecule has 0 spiro atoms. The smallest absolute Gasteiger partial charge is 0.337 e. The Morgan fingerprint density at radius 1 is 1.12 bits per heavy atom. The number of esters is 1. The number of rotatable bonds is 5. The lowest BCUT2D eigenvalue weighted by Crippen LogP contribution is -2.22. The monoisotopic (exact) mass is 376 g/mol. The maximum Gasteiger partial charge on any atom is 0.337 e. The van der Waals surface area contributed by atoms with E-state index in [1.54, 1.807) is 30.3 Å². The van der Waals surface area contributed by atoms with Gasteiger partial charge in [-0.2, -0.15) is 0 Å². The van der Waals surface area contributed by atoms with Gasteiger partial charge < -0.3 is 24.8 Å². The Morgan fingerprint density at radius 2 is 1.88 bits per heavy atom. The summed E-state index contributed by atoms with van der Waals surface area (Å²) in [6, 6.07) is 9.83. The van der Waals surface area contributed by atoms with Crippen LogP contribution in [0.25, 0.3) is 0 Å². The summed E-state index contributed by atoms with van der Waals surface area (Å²) in [5, 5.41) is 6.06. The summed E-state index contributed by atoms with van der Waals surface area (Å²) in [7, 11) is 1.30. The highest BCUT2D eigenvalue weighted by Gasteiger charge is 2.13. The largest absolute Gasteiger partial charge is 0.486 e. The van der Waals surface area contributed by atoms with Gasteiger partial charge in [0, 0.05) is 11.8 Å². The van der Waals surface area contributed by atoms with Gasteiger partial charge in [-0.15, -0.1) is 0 Å². The van der Waals surface area contributed by atoms with Crippen molar-refractivity contribution in [2.45, 2.75) is 0 Å². The van der Waals surface area contributed by atoms with E-state index in [1.165, 1.54) is 13.2 Å². The summed E-state index contributed by atoms with van der Waals surface area (Å²) < 4.78 is 15.6. The Labute approximate surface area is 155 Å². The topological polar surface area (TPSA) is 85.9 Å². The quantitative estimate of drug-likeness (QED) is 0.780. The first-order chi connectivity index (χ1) is 12.6. The molecule has 0 saturated carbocycles. The van der Waals surface area contributed by atoms with Gasteiger partial charge in [0.2, 0.25) is 5.91 Å². The molecule has 2 N–H and O–H groups in total. The fourth-order valence-corrected chi connectivity index (χ4v) is 2.59. The van der Waals surface area contributed by atoms with E-state index in [1.807, 2.05) is 0 Å². The summed E-state index contributed by atoms with van der Waals surface area (Å²) in [6.45, 7) is 0.952. The van der Waals surface area contributed by atoms with E-state index in [2.05, 4.69) is 15.4 Å². The molecule has 1 amide bonds. The molecule has 1 heterocycles. The van der Waals surface area contributed by atoms with E-state index in [0.29, 0.717) is 46.7 Å². The highest BCUT2D eigenvalue weighted by molar-refractivity contribution is 6.33. The second-order valence-electron chi connectivity index (χ2n) is 5.45. The van der Waals surface area contributed by atoms with E-state index in [-0.39, 0.29) is 12.5 Å². The van der Waals surface area contributed by atoms with Gasteiger partial charge >= 0.3 is 5.97 Å². The van der Waals surface area contributed by atoms with Crippen LogP contribution < -0.4 is 20.1 Å². The van der Waals surface area contributed by atoms with Crippen LogP contribution in [0.15, 0.2) is 36.4 Å². The normalized spacial score (nSPS) is 12.2. The predicted molar refractivity (Wildman–Crippen MR) is 97.3 cm³/mol. The van der Waals surface area contributed by atoms with Crippen LogP contribution in [0.3, 0.4) is 0 Å². The van der Waals surface area contributed by atoms with E-state index < -0.39 is 5.97 Å². The highest BCUT2D eigenvalue weighted by Crippen LogP contribution is 2.32. The van der Waals surface area contributed by atoms with Gasteiger partial charge in [-0.05, 0) is 30.3 Å². The Morgan fingerprint density at radius 3 is 2.65 bits per heavy atom. The van der Waals surface area contributed by atoms with Gasteiger partial charge in [-0.3, -0.25) is 4.79 Å². The number of methoxy groups -OCH3 is 1. The third-order valence-electron chi connectivity index (χ3n) is 3.65. The molecule has 0 saturated heterocycles. The molecule has 3 rings (SSSR count). The van der Waals surface area contributed by atoms with Crippen LogP contribution in [-0.4, -0.2) is 38.7 Å². The first-order valence-electron chi connectivity index (χ1n) is 7.88. The van der Waals surface area contributed by atoms with Crippen molar-refractivity contribution in [3.63, 3.8) is 0 Å². The zero-order chi connectivity index (χ0) is 18.5. The van der Waals surface area contributed by atoms with Gasteiger partial charge in [0.1, 0.15) is 13.2 Å². The Bertz CT molecular complexity index is 840. The van der Waals surface area contributed by atoms with Gasteiger partial charge in [-0.1, -0.05) is 11.6 Å². The lowest BCUT2D eigenvalue weighted by molar-refractivity contribution is -0.114. The van der Waals surface area contributed by atoms with Crippen LogP contribution in [0.5, 0.6) is 11.5 Å². The SMILES string of the molecule is COC(=O)c1ccc(Cl)c(NCC(=O)Nc2ccc3c(c2)OCCO3)c1. The van der Waals surface area contributed by atoms with Gasteiger partial charge in [-0.25, -0.2) is 4.79 Å². The molecule has 0 unspecified atom stereocenters. The summed E-state index contributed by atoms with van der Waals surface area (Å²) >= 11 is 6.09. The number of hydrogen-bond donors (Lipinski definition) is 2. The number of ether oxygens (including phenoxy) is 3. The van der Waals surface area contributed by atoms with Crippen LogP contribution in [0.1, 0.15) is 10.4 Å². The molecule has 0 aromatic heterocycles. The summed E-state index contributed by atoms with van der Waals surface area (Å²) in [5.74, 6) is 0.487. The fourth-order valence-electron chi connectivity index (χ4n) is 2.41. The molecule has 26 heavy (non-hydrogen) atoms. The number of carbonyl (C=O) groups is 2. The summed E-state index contributed by atoms with van der Waals surface area (Å²) in [4.78, 5) is 23.7. The van der Waals surface area contributed by atoms with Gasteiger partial charge in [0.25, 0.3) is 0 Å². The van der Waals surface area contributed by atoms with Crippen molar-refractivity contribution in [2.75, 3.05) is 37.5 Å². The molecule has 0 bridgehead atoms. The number of anilines is 2. The first-order valence-corrected chi connectivity index (χ1v) is 8.26. The van der Waals surface area contributed by atoms with Crippen molar-refractivity contribution in [3.05, 3.63) is 47.0 Å². The van der Waals surface area contributed by atoms with Crippen LogP contribution in [0.2, 0.25) is 5.02 Å². The van der Waals surface area contributed by atoms with Gasteiger partial charge in [0.15, 0.2) is 11.5 Å². The molecule has 0 aliphatic carbocycles. The van der Waals surface area contributed by atoms with Crippen molar-refractivity contribution in [1.82, 2.24) is 0 Å². The maximum atomic E-state index is 12.2. The minimum atomic E-state index is -0.481. The van der Waals surface area contributed by atoms with Gasteiger partial charge in [0.05, 0.1) is 29.9 Å². The van der Waals surface area contributed by atoms with Crippen molar-refractivity contribution in [2.24, 2.45) is 0 Å². The van der Waals surface area contributed by atoms with Crippen LogP contribution >= 0.6 is 11.6 Å². The predicted octanol–water partition coefficient (Wildman–Crippen LogP) is 2.95. The van der Waals surface area contributed by atoms with Crippen molar-refractivity contribution in [1.29, 1.82) is 0 Å². The molecular weight excluding hydrogens is 360 g/mol. The van der Waals surface area contributed by atoms with E-state index in [4.69, 9.17) is 21.1 Å². The molecule has 0 atom stereocenters. The van der Waals surface area contributed by atoms with Crippen molar-refractivity contribution in [3.8, 4) is 11.5 Å². The molecule has 8 heteroatoms. The van der Waals surface area contributed by atoms with E-state index in [0.717, 1.165) is 0 Å². The number of halogens is 1. The van der Waals surface area contributed by atoms with Crippen LogP contribution in [-0.2, 0) is 9.53 Å². The lowest BCUT2D eigenvalue weighted by atomic mass is 10.2. The molecule has 2 aromatic rings. The third-order valence-corrected chi connectivity index (χ3v) is 3.98. The lowest BCUT2D eigenvalue weighted by Gasteiger charge is -2.19. The fraction of sp³-hybridized carbons (Fsp3) is 0.222. The average molecular weight is 377 g/mol.